The van der Waals surface area contributed by atoms with E-state index in [1.54, 1.807) is 0 Å². The number of hydrogen-bond donors (Lipinski definition) is 0. The lowest BCUT2D eigenvalue weighted by Crippen LogP contribution is -2.44. The first-order valence-corrected chi connectivity index (χ1v) is 10.6. The predicted molar refractivity (Wildman–Crippen MR) is 110 cm³/mol. The van der Waals surface area contributed by atoms with Gasteiger partial charge in [0.2, 0.25) is 11.8 Å². The smallest absolute Gasteiger partial charge is 0.225 e. The molecule has 1 atom stereocenters. The fraction of sp³-hybridized carbons (Fsp3) is 0.522. The molecule has 4 rings (SSSR count). The van der Waals surface area contributed by atoms with Gasteiger partial charge in [-0.15, -0.1) is 0 Å². The Bertz CT molecular complexity index is 864. The van der Waals surface area contributed by atoms with Crippen molar-refractivity contribution in [1.82, 2.24) is 14.9 Å². The Kier molecular flexibility index (Phi) is 6.09. The number of aromatic nitrogens is 2. The van der Waals surface area contributed by atoms with Gasteiger partial charge in [-0.3, -0.25) is 4.79 Å². The van der Waals surface area contributed by atoms with E-state index >= 15 is 0 Å². The molecule has 1 aromatic heterocycles. The number of rotatable bonds is 4. The van der Waals surface area contributed by atoms with Gasteiger partial charge in [-0.2, -0.15) is 4.98 Å². The number of carbonyl (C=O) groups is 1. The van der Waals surface area contributed by atoms with E-state index in [2.05, 4.69) is 4.98 Å². The second-order valence-electron chi connectivity index (χ2n) is 8.08. The topological polar surface area (TPSA) is 64.5 Å². The van der Waals surface area contributed by atoms with Crippen molar-refractivity contribution in [2.75, 3.05) is 26.3 Å². The number of ether oxygens (including phenoxy) is 2. The lowest BCUT2D eigenvalue weighted by molar-refractivity contribution is -0.139. The van der Waals surface area contributed by atoms with Gasteiger partial charge in [0.05, 0.1) is 0 Å². The normalized spacial score (nSPS) is 20.5. The molecule has 0 N–H and O–H groups in total. The minimum Gasteiger partial charge on any atom is -0.439 e. The molecule has 0 aliphatic carbocycles. The summed E-state index contributed by atoms with van der Waals surface area (Å²) in [5, 5.41) is 0. The zero-order valence-corrected chi connectivity index (χ0v) is 17.3. The van der Waals surface area contributed by atoms with E-state index in [1.165, 1.54) is 0 Å². The summed E-state index contributed by atoms with van der Waals surface area (Å²) in [6.45, 7) is 6.87. The average molecular weight is 396 g/mol. The molecule has 2 saturated heterocycles. The van der Waals surface area contributed by atoms with Gasteiger partial charge in [-0.05, 0) is 51.2 Å². The van der Waals surface area contributed by atoms with Crippen LogP contribution in [0, 0.1) is 19.8 Å². The van der Waals surface area contributed by atoms with Crippen molar-refractivity contribution in [2.45, 2.75) is 45.4 Å². The highest BCUT2D eigenvalue weighted by atomic mass is 16.5. The van der Waals surface area contributed by atoms with Crippen LogP contribution in [0.3, 0.4) is 0 Å². The molecule has 2 fully saturated rings. The van der Waals surface area contributed by atoms with Crippen LogP contribution in [0.5, 0.6) is 11.6 Å². The van der Waals surface area contributed by atoms with Gasteiger partial charge in [-0.25, -0.2) is 4.98 Å². The van der Waals surface area contributed by atoms with Crippen molar-refractivity contribution >= 4 is 5.91 Å². The van der Waals surface area contributed by atoms with Gasteiger partial charge in [0, 0.05) is 49.9 Å². The molecule has 3 heterocycles. The minimum atomic E-state index is 0.0980. The van der Waals surface area contributed by atoms with Gasteiger partial charge in [0.1, 0.15) is 11.6 Å². The second-order valence-corrected chi connectivity index (χ2v) is 8.08. The number of aryl methyl sites for hydroxylation is 2. The van der Waals surface area contributed by atoms with E-state index in [4.69, 9.17) is 14.5 Å². The van der Waals surface area contributed by atoms with Crippen LogP contribution in [0.1, 0.15) is 48.7 Å². The van der Waals surface area contributed by atoms with Gasteiger partial charge in [0.25, 0.3) is 0 Å². The van der Waals surface area contributed by atoms with Crippen molar-refractivity contribution in [3.63, 3.8) is 0 Å². The number of benzene rings is 1. The predicted octanol–water partition coefficient (Wildman–Crippen LogP) is 4.02. The monoisotopic (exact) mass is 395 g/mol. The van der Waals surface area contributed by atoms with Crippen LogP contribution >= 0.6 is 0 Å². The van der Waals surface area contributed by atoms with E-state index in [1.807, 2.05) is 49.1 Å². The number of carbonyl (C=O) groups excluding carboxylic acids is 1. The molecule has 2 aliphatic rings. The summed E-state index contributed by atoms with van der Waals surface area (Å²) in [4.78, 5) is 24.3. The Morgan fingerprint density at radius 2 is 1.93 bits per heavy atom. The molecule has 0 unspecified atom stereocenters. The van der Waals surface area contributed by atoms with E-state index in [0.29, 0.717) is 25.6 Å². The lowest BCUT2D eigenvalue weighted by atomic mass is 9.93. The first kappa shape index (κ1) is 19.8. The molecule has 0 bridgehead atoms. The first-order chi connectivity index (χ1) is 14.1. The number of amides is 1. The average Bonchev–Trinajstić information content (AvgIpc) is 2.75. The number of piperidine rings is 1. The maximum absolute atomic E-state index is 12.9. The third kappa shape index (κ3) is 4.75. The van der Waals surface area contributed by atoms with E-state index in [9.17, 15) is 4.79 Å². The summed E-state index contributed by atoms with van der Waals surface area (Å²) in [6, 6.07) is 9.78. The summed E-state index contributed by atoms with van der Waals surface area (Å²) in [5.74, 6) is 2.65. The SMILES string of the molecule is Cc1cc(Oc2ccccc2C)nc([C@@H]2CCCN(C(=O)C3CCOCC3)C2)n1. The van der Waals surface area contributed by atoms with Crippen molar-refractivity contribution in [3.8, 4) is 11.6 Å². The van der Waals surface area contributed by atoms with Gasteiger partial charge >= 0.3 is 0 Å². The Morgan fingerprint density at radius 3 is 2.72 bits per heavy atom. The molecule has 6 heteroatoms. The summed E-state index contributed by atoms with van der Waals surface area (Å²) in [6.07, 6.45) is 3.63. The molecule has 0 saturated carbocycles. The highest BCUT2D eigenvalue weighted by Gasteiger charge is 2.31. The zero-order chi connectivity index (χ0) is 20.2. The van der Waals surface area contributed by atoms with Crippen LogP contribution in [-0.2, 0) is 9.53 Å². The highest BCUT2D eigenvalue weighted by Crippen LogP contribution is 2.30. The molecule has 1 amide bonds. The molecule has 1 aromatic carbocycles. The van der Waals surface area contributed by atoms with E-state index in [-0.39, 0.29) is 17.7 Å². The molecule has 2 aromatic rings. The number of hydrogen-bond acceptors (Lipinski definition) is 5. The molecule has 0 radical (unpaired) electrons. The van der Waals surface area contributed by atoms with Crippen molar-refractivity contribution < 1.29 is 14.3 Å². The summed E-state index contributed by atoms with van der Waals surface area (Å²) >= 11 is 0. The molecule has 2 aliphatic heterocycles. The summed E-state index contributed by atoms with van der Waals surface area (Å²) in [7, 11) is 0. The summed E-state index contributed by atoms with van der Waals surface area (Å²) in [5.41, 5.74) is 1.95. The van der Waals surface area contributed by atoms with Crippen LogP contribution in [0.15, 0.2) is 30.3 Å². The third-order valence-electron chi connectivity index (χ3n) is 5.82. The van der Waals surface area contributed by atoms with Gasteiger partial charge in [0.15, 0.2) is 0 Å². The van der Waals surface area contributed by atoms with E-state index < -0.39 is 0 Å². The van der Waals surface area contributed by atoms with Crippen molar-refractivity contribution in [3.05, 3.63) is 47.4 Å². The van der Waals surface area contributed by atoms with Crippen LogP contribution < -0.4 is 4.74 Å². The second kappa shape index (κ2) is 8.91. The van der Waals surface area contributed by atoms with Crippen molar-refractivity contribution in [1.29, 1.82) is 0 Å². The number of para-hydroxylation sites is 1. The zero-order valence-electron chi connectivity index (χ0n) is 17.3. The maximum Gasteiger partial charge on any atom is 0.225 e. The van der Waals surface area contributed by atoms with Crippen molar-refractivity contribution in [2.24, 2.45) is 5.92 Å². The van der Waals surface area contributed by atoms with Gasteiger partial charge < -0.3 is 14.4 Å². The van der Waals surface area contributed by atoms with Crippen LogP contribution in [-0.4, -0.2) is 47.1 Å². The first-order valence-electron chi connectivity index (χ1n) is 10.6. The largest absolute Gasteiger partial charge is 0.439 e. The Labute approximate surface area is 172 Å². The Hall–Kier alpha value is -2.47. The van der Waals surface area contributed by atoms with Crippen LogP contribution in [0.25, 0.3) is 0 Å². The number of likely N-dealkylation sites (tertiary alicyclic amines) is 1. The number of nitrogens with zero attached hydrogens (tertiary/aromatic N) is 3. The fourth-order valence-electron chi connectivity index (χ4n) is 4.17. The Morgan fingerprint density at radius 1 is 1.14 bits per heavy atom. The maximum atomic E-state index is 12.9. The fourth-order valence-corrected chi connectivity index (χ4v) is 4.17. The van der Waals surface area contributed by atoms with Crippen LogP contribution in [0.2, 0.25) is 0 Å². The lowest BCUT2D eigenvalue weighted by Gasteiger charge is -2.35. The third-order valence-corrected chi connectivity index (χ3v) is 5.82. The standard InChI is InChI=1S/C23H29N3O3/c1-16-6-3-4-8-20(16)29-21-14-17(2)24-22(25-21)19-7-5-11-26(15-19)23(27)18-9-12-28-13-10-18/h3-4,6,8,14,18-19H,5,7,9-13,15H2,1-2H3/t19-/m1/s1. The molecular formula is C23H29N3O3. The molecule has 29 heavy (non-hydrogen) atoms. The van der Waals surface area contributed by atoms with E-state index in [0.717, 1.165) is 55.1 Å². The molecule has 6 nitrogen and oxygen atoms in total. The summed E-state index contributed by atoms with van der Waals surface area (Å²) < 4.78 is 11.5. The molecular weight excluding hydrogens is 366 g/mol. The quantitative estimate of drug-likeness (QED) is 0.782. The van der Waals surface area contributed by atoms with Gasteiger partial charge in [-0.1, -0.05) is 18.2 Å². The highest BCUT2D eigenvalue weighted by molar-refractivity contribution is 5.79. The molecule has 0 spiro atoms. The Balaban J connectivity index is 1.49. The van der Waals surface area contributed by atoms with Crippen LogP contribution in [0.4, 0.5) is 0 Å². The molecule has 154 valence electrons. The minimum absolute atomic E-state index is 0.0980.